The topological polar surface area (TPSA) is 64.4 Å². The minimum Gasteiger partial charge on any atom is -0.379 e. The van der Waals surface area contributed by atoms with Crippen molar-refractivity contribution in [3.8, 4) is 0 Å². The van der Waals surface area contributed by atoms with Gasteiger partial charge in [-0.2, -0.15) is 0 Å². The van der Waals surface area contributed by atoms with Crippen LogP contribution in [0.5, 0.6) is 0 Å². The molecule has 28 heavy (non-hydrogen) atoms. The molecule has 1 aliphatic heterocycles. The Morgan fingerprint density at radius 3 is 2.57 bits per heavy atom. The van der Waals surface area contributed by atoms with Gasteiger partial charge in [-0.15, -0.1) is 0 Å². The van der Waals surface area contributed by atoms with Crippen LogP contribution in [0.1, 0.15) is 10.4 Å². The lowest BCUT2D eigenvalue weighted by Crippen LogP contribution is -2.38. The third-order valence-electron chi connectivity index (χ3n) is 4.72. The standard InChI is InChI=1S/C20H20ClN3O3S/c21-16-7-5-15(6-8-16)19(25)24-18-4-2-1-3-17(18)22-20(24)28(26)14-11-23-9-12-27-13-10-23/h1-8H,9-14H2. The third kappa shape index (κ3) is 4.03. The maximum Gasteiger partial charge on any atom is 0.264 e. The molecular formula is C20H20ClN3O3S. The molecule has 1 unspecified atom stereocenters. The number of nitrogens with zero attached hydrogens (tertiary/aromatic N) is 3. The van der Waals surface area contributed by atoms with E-state index < -0.39 is 10.8 Å². The molecule has 1 atom stereocenters. The van der Waals surface area contributed by atoms with Crippen LogP contribution in [0.2, 0.25) is 5.02 Å². The van der Waals surface area contributed by atoms with Gasteiger partial charge in [-0.1, -0.05) is 23.7 Å². The highest BCUT2D eigenvalue weighted by molar-refractivity contribution is 7.84. The number of benzene rings is 2. The molecule has 1 saturated heterocycles. The number of carbonyl (C=O) groups excluding carboxylic acids is 1. The summed E-state index contributed by atoms with van der Waals surface area (Å²) in [6, 6.07) is 14.0. The highest BCUT2D eigenvalue weighted by Crippen LogP contribution is 2.21. The first-order chi connectivity index (χ1) is 13.6. The molecule has 0 amide bonds. The van der Waals surface area contributed by atoms with Crippen LogP contribution in [0.4, 0.5) is 0 Å². The summed E-state index contributed by atoms with van der Waals surface area (Å²) in [6.45, 7) is 3.73. The van der Waals surface area contributed by atoms with Gasteiger partial charge in [0.1, 0.15) is 0 Å². The summed E-state index contributed by atoms with van der Waals surface area (Å²) in [5.41, 5.74) is 1.77. The average Bonchev–Trinajstić information content (AvgIpc) is 3.12. The van der Waals surface area contributed by atoms with Crippen LogP contribution in [0, 0.1) is 0 Å². The maximum absolute atomic E-state index is 13.2. The maximum atomic E-state index is 13.2. The molecule has 6 nitrogen and oxygen atoms in total. The summed E-state index contributed by atoms with van der Waals surface area (Å²) >= 11 is 5.94. The summed E-state index contributed by atoms with van der Waals surface area (Å²) in [6.07, 6.45) is 0. The van der Waals surface area contributed by atoms with Crippen LogP contribution in [0.25, 0.3) is 11.0 Å². The first kappa shape index (κ1) is 19.3. The summed E-state index contributed by atoms with van der Waals surface area (Å²) in [5.74, 6) is 0.150. The molecule has 2 aromatic carbocycles. The van der Waals surface area contributed by atoms with Crippen molar-refractivity contribution in [3.63, 3.8) is 0 Å². The number of morpholine rings is 1. The smallest absolute Gasteiger partial charge is 0.264 e. The number of fused-ring (bicyclic) bond motifs is 1. The van der Waals surface area contributed by atoms with Crippen LogP contribution in [-0.2, 0) is 15.5 Å². The number of carbonyl (C=O) groups is 1. The molecule has 3 aromatic rings. The lowest BCUT2D eigenvalue weighted by Gasteiger charge is -2.26. The fourth-order valence-electron chi connectivity index (χ4n) is 3.20. The second-order valence-corrected chi connectivity index (χ2v) is 8.44. The number of imidazole rings is 1. The molecule has 0 N–H and O–H groups in total. The van der Waals surface area contributed by atoms with Gasteiger partial charge in [0.2, 0.25) is 5.16 Å². The van der Waals surface area contributed by atoms with E-state index in [1.54, 1.807) is 24.3 Å². The van der Waals surface area contributed by atoms with Gasteiger partial charge in [0.25, 0.3) is 5.91 Å². The Hall–Kier alpha value is -2.06. The molecule has 0 bridgehead atoms. The molecular weight excluding hydrogens is 398 g/mol. The molecule has 0 radical (unpaired) electrons. The highest BCUT2D eigenvalue weighted by atomic mass is 35.5. The van der Waals surface area contributed by atoms with Crippen LogP contribution in [-0.4, -0.2) is 63.2 Å². The van der Waals surface area contributed by atoms with E-state index in [9.17, 15) is 9.00 Å². The number of rotatable bonds is 5. The van der Waals surface area contributed by atoms with Crippen LogP contribution in [0.3, 0.4) is 0 Å². The first-order valence-electron chi connectivity index (χ1n) is 9.10. The van der Waals surface area contributed by atoms with E-state index in [-0.39, 0.29) is 11.1 Å². The van der Waals surface area contributed by atoms with Crippen molar-refractivity contribution in [2.45, 2.75) is 5.16 Å². The number of aromatic nitrogens is 2. The van der Waals surface area contributed by atoms with Crippen molar-refractivity contribution in [1.29, 1.82) is 0 Å². The van der Waals surface area contributed by atoms with Crippen molar-refractivity contribution < 1.29 is 13.7 Å². The van der Waals surface area contributed by atoms with E-state index in [2.05, 4.69) is 9.88 Å². The molecule has 1 aliphatic rings. The van der Waals surface area contributed by atoms with E-state index in [1.165, 1.54) is 4.57 Å². The molecule has 0 saturated carbocycles. The Balaban J connectivity index is 1.65. The number of para-hydroxylation sites is 2. The Morgan fingerprint density at radius 2 is 1.82 bits per heavy atom. The summed E-state index contributed by atoms with van der Waals surface area (Å²) in [4.78, 5) is 19.9. The van der Waals surface area contributed by atoms with E-state index in [0.717, 1.165) is 13.1 Å². The Morgan fingerprint density at radius 1 is 1.11 bits per heavy atom. The molecule has 0 aliphatic carbocycles. The average molecular weight is 418 g/mol. The van der Waals surface area contributed by atoms with Gasteiger partial charge in [-0.25, -0.2) is 4.98 Å². The minimum absolute atomic E-state index is 0.264. The second kappa shape index (κ2) is 8.53. The lowest BCUT2D eigenvalue weighted by molar-refractivity contribution is 0.0409. The van der Waals surface area contributed by atoms with Gasteiger partial charge in [0.15, 0.2) is 0 Å². The van der Waals surface area contributed by atoms with Gasteiger partial charge in [0, 0.05) is 36.0 Å². The van der Waals surface area contributed by atoms with Crippen molar-refractivity contribution in [1.82, 2.24) is 14.5 Å². The largest absolute Gasteiger partial charge is 0.379 e. The van der Waals surface area contributed by atoms with E-state index in [1.807, 2.05) is 24.3 Å². The van der Waals surface area contributed by atoms with E-state index >= 15 is 0 Å². The minimum atomic E-state index is -1.41. The first-order valence-corrected chi connectivity index (χ1v) is 10.8. The number of hydrogen-bond acceptors (Lipinski definition) is 5. The highest BCUT2D eigenvalue weighted by Gasteiger charge is 2.23. The Kier molecular flexibility index (Phi) is 5.87. The summed E-state index contributed by atoms with van der Waals surface area (Å²) in [5, 5.41) is 0.843. The van der Waals surface area contributed by atoms with Gasteiger partial charge in [-0.3, -0.25) is 18.5 Å². The number of ether oxygens (including phenoxy) is 1. The molecule has 1 fully saturated rings. The quantitative estimate of drug-likeness (QED) is 0.638. The SMILES string of the molecule is O=C(c1ccc(Cl)cc1)n1c(S(=O)CCN2CCOCC2)nc2ccccc21. The van der Waals surface area contributed by atoms with Crippen molar-refractivity contribution in [2.75, 3.05) is 38.6 Å². The number of halogens is 1. The Labute approximate surface area is 170 Å². The summed E-state index contributed by atoms with van der Waals surface area (Å²) in [7, 11) is -1.41. The van der Waals surface area contributed by atoms with Gasteiger partial charge in [0.05, 0.1) is 35.0 Å². The zero-order chi connectivity index (χ0) is 19.5. The van der Waals surface area contributed by atoms with Gasteiger partial charge in [-0.05, 0) is 36.4 Å². The third-order valence-corrected chi connectivity index (χ3v) is 6.21. The van der Waals surface area contributed by atoms with Crippen LogP contribution < -0.4 is 0 Å². The van der Waals surface area contributed by atoms with E-state index in [4.69, 9.17) is 16.3 Å². The van der Waals surface area contributed by atoms with Crippen LogP contribution >= 0.6 is 11.6 Å². The Bertz CT molecular complexity index is 1010. The fourth-order valence-corrected chi connectivity index (χ4v) is 4.52. The molecule has 8 heteroatoms. The monoisotopic (exact) mass is 417 g/mol. The van der Waals surface area contributed by atoms with Gasteiger partial charge < -0.3 is 4.74 Å². The zero-order valence-electron chi connectivity index (χ0n) is 15.2. The summed E-state index contributed by atoms with van der Waals surface area (Å²) < 4.78 is 19.9. The predicted octanol–water partition coefficient (Wildman–Crippen LogP) is 2.82. The van der Waals surface area contributed by atoms with Crippen LogP contribution in [0.15, 0.2) is 53.7 Å². The number of hydrogen-bond donors (Lipinski definition) is 0. The van der Waals surface area contributed by atoms with Crippen molar-refractivity contribution >= 4 is 39.3 Å². The molecule has 2 heterocycles. The molecule has 1 aromatic heterocycles. The molecule has 146 valence electrons. The van der Waals surface area contributed by atoms with Crippen molar-refractivity contribution in [3.05, 3.63) is 59.1 Å². The van der Waals surface area contributed by atoms with E-state index in [0.29, 0.717) is 47.1 Å². The zero-order valence-corrected chi connectivity index (χ0v) is 16.8. The lowest BCUT2D eigenvalue weighted by atomic mass is 10.2. The second-order valence-electron chi connectivity index (χ2n) is 6.53. The van der Waals surface area contributed by atoms with Gasteiger partial charge >= 0.3 is 0 Å². The molecule has 0 spiro atoms. The predicted molar refractivity (Wildman–Crippen MR) is 109 cm³/mol. The van der Waals surface area contributed by atoms with Crippen molar-refractivity contribution in [2.24, 2.45) is 0 Å². The molecule has 4 rings (SSSR count). The fraction of sp³-hybridized carbons (Fsp3) is 0.300. The normalized spacial score (nSPS) is 16.3.